The summed E-state index contributed by atoms with van der Waals surface area (Å²) in [4.78, 5) is 17.2. The number of amides is 1. The summed E-state index contributed by atoms with van der Waals surface area (Å²) in [5, 5.41) is 7.26. The molecule has 186 valence electrons. The third-order valence-electron chi connectivity index (χ3n) is 5.31. The van der Waals surface area contributed by atoms with Crippen LogP contribution in [0.15, 0.2) is 66.7 Å². The van der Waals surface area contributed by atoms with Gasteiger partial charge in [-0.05, 0) is 80.1 Å². The summed E-state index contributed by atoms with van der Waals surface area (Å²) in [5.41, 5.74) is 1.49. The largest absolute Gasteiger partial charge is 0.479 e. The number of pyridine rings is 1. The third kappa shape index (κ3) is 6.01. The Balaban J connectivity index is 1.49. The molecule has 36 heavy (non-hydrogen) atoms. The molecule has 3 aromatic carbocycles. The lowest BCUT2D eigenvalue weighted by Gasteiger charge is -2.16. The first-order chi connectivity index (χ1) is 17.0. The molecule has 1 amide bonds. The van der Waals surface area contributed by atoms with Crippen LogP contribution in [-0.2, 0) is 11.0 Å². The molecule has 5 nitrogen and oxygen atoms in total. The van der Waals surface area contributed by atoms with Crippen LogP contribution in [0, 0.1) is 6.92 Å². The van der Waals surface area contributed by atoms with Gasteiger partial charge in [0.2, 0.25) is 0 Å². The predicted molar refractivity (Wildman–Crippen MR) is 136 cm³/mol. The minimum absolute atomic E-state index is 0.273. The SMILES string of the molecule is Cc1cc(Nc2cccc(C(F)(F)F)c2)nc2ccc(NC(=O)[C@H](C)Oc3ccc(Cl)cc3Cl)cc12. The molecule has 0 aliphatic rings. The number of aryl methyl sites for hydroxylation is 1. The molecular weight excluding hydrogens is 514 g/mol. The minimum atomic E-state index is -4.44. The van der Waals surface area contributed by atoms with E-state index in [0.29, 0.717) is 32.8 Å². The number of ether oxygens (including phenoxy) is 1. The highest BCUT2D eigenvalue weighted by Gasteiger charge is 2.30. The molecule has 0 spiro atoms. The molecule has 0 aliphatic carbocycles. The van der Waals surface area contributed by atoms with E-state index in [4.69, 9.17) is 27.9 Å². The lowest BCUT2D eigenvalue weighted by atomic mass is 10.1. The molecule has 1 heterocycles. The van der Waals surface area contributed by atoms with Gasteiger partial charge in [-0.25, -0.2) is 4.98 Å². The van der Waals surface area contributed by atoms with E-state index in [0.717, 1.165) is 23.1 Å². The van der Waals surface area contributed by atoms with Gasteiger partial charge in [0.05, 0.1) is 16.1 Å². The maximum absolute atomic E-state index is 13.0. The van der Waals surface area contributed by atoms with E-state index in [1.165, 1.54) is 18.2 Å². The van der Waals surface area contributed by atoms with Crippen molar-refractivity contribution in [2.75, 3.05) is 10.6 Å². The van der Waals surface area contributed by atoms with Crippen molar-refractivity contribution in [3.63, 3.8) is 0 Å². The summed E-state index contributed by atoms with van der Waals surface area (Å²) in [6, 6.07) is 16.5. The lowest BCUT2D eigenvalue weighted by molar-refractivity contribution is -0.137. The van der Waals surface area contributed by atoms with Gasteiger partial charge < -0.3 is 15.4 Å². The summed E-state index contributed by atoms with van der Waals surface area (Å²) in [7, 11) is 0. The van der Waals surface area contributed by atoms with Gasteiger partial charge in [-0.15, -0.1) is 0 Å². The molecule has 2 N–H and O–H groups in total. The quantitative estimate of drug-likeness (QED) is 0.263. The first-order valence-corrected chi connectivity index (χ1v) is 11.5. The normalized spacial score (nSPS) is 12.3. The number of nitrogens with one attached hydrogen (secondary N) is 2. The van der Waals surface area contributed by atoms with E-state index in [2.05, 4.69) is 15.6 Å². The van der Waals surface area contributed by atoms with E-state index >= 15 is 0 Å². The van der Waals surface area contributed by atoms with E-state index in [9.17, 15) is 18.0 Å². The number of alkyl halides is 3. The highest BCUT2D eigenvalue weighted by Crippen LogP contribution is 2.32. The van der Waals surface area contributed by atoms with Crippen LogP contribution in [0.5, 0.6) is 5.75 Å². The number of rotatable bonds is 6. The number of carbonyl (C=O) groups excluding carboxylic acids is 1. The summed E-state index contributed by atoms with van der Waals surface area (Å²) in [6.45, 7) is 3.45. The number of benzene rings is 3. The Labute approximate surface area is 215 Å². The van der Waals surface area contributed by atoms with Crippen LogP contribution >= 0.6 is 23.2 Å². The average Bonchev–Trinajstić information content (AvgIpc) is 2.81. The second-order valence-electron chi connectivity index (χ2n) is 8.08. The zero-order valence-electron chi connectivity index (χ0n) is 19.1. The van der Waals surface area contributed by atoms with Crippen molar-refractivity contribution in [2.45, 2.75) is 26.1 Å². The lowest BCUT2D eigenvalue weighted by Crippen LogP contribution is -2.30. The predicted octanol–water partition coefficient (Wildman–Crippen LogP) is 8.02. The number of hydrogen-bond donors (Lipinski definition) is 2. The number of fused-ring (bicyclic) bond motifs is 1. The van der Waals surface area contributed by atoms with Crippen LogP contribution in [0.1, 0.15) is 18.1 Å². The van der Waals surface area contributed by atoms with Crippen LogP contribution in [-0.4, -0.2) is 17.0 Å². The minimum Gasteiger partial charge on any atom is -0.479 e. The van der Waals surface area contributed by atoms with Gasteiger partial charge in [0, 0.05) is 21.8 Å². The van der Waals surface area contributed by atoms with Gasteiger partial charge in [-0.1, -0.05) is 29.3 Å². The Hall–Kier alpha value is -3.49. The fourth-order valence-corrected chi connectivity index (χ4v) is 3.97. The zero-order chi connectivity index (χ0) is 26.0. The Bertz CT molecular complexity index is 1440. The van der Waals surface area contributed by atoms with Crippen molar-refractivity contribution >= 4 is 57.2 Å². The molecule has 10 heteroatoms. The third-order valence-corrected chi connectivity index (χ3v) is 5.84. The van der Waals surface area contributed by atoms with Crippen molar-refractivity contribution in [3.05, 3.63) is 87.9 Å². The fraction of sp³-hybridized carbons (Fsp3) is 0.154. The van der Waals surface area contributed by atoms with Crippen molar-refractivity contribution in [1.82, 2.24) is 4.98 Å². The van der Waals surface area contributed by atoms with Gasteiger partial charge in [0.1, 0.15) is 11.6 Å². The second-order valence-corrected chi connectivity index (χ2v) is 8.93. The smallest absolute Gasteiger partial charge is 0.416 e. The first kappa shape index (κ1) is 25.6. The summed E-state index contributed by atoms with van der Waals surface area (Å²) >= 11 is 12.0. The molecule has 1 aromatic heterocycles. The topological polar surface area (TPSA) is 63.2 Å². The molecule has 0 radical (unpaired) electrons. The number of carbonyl (C=O) groups is 1. The first-order valence-electron chi connectivity index (χ1n) is 10.8. The van der Waals surface area contributed by atoms with Crippen molar-refractivity contribution in [1.29, 1.82) is 0 Å². The van der Waals surface area contributed by atoms with Gasteiger partial charge in [0.15, 0.2) is 6.10 Å². The standard InChI is InChI=1S/C26H20Cl2F3N3O2/c1-14-10-24(32-18-5-3-4-16(11-18)26(29,30)31)34-22-8-7-19(13-20(14)22)33-25(35)15(2)36-23-9-6-17(27)12-21(23)28/h3-13,15H,1-2H3,(H,32,34)(H,33,35)/t15-/m0/s1. The molecule has 4 rings (SSSR count). The molecule has 0 unspecified atom stereocenters. The van der Waals surface area contributed by atoms with Gasteiger partial charge in [-0.3, -0.25) is 4.79 Å². The Morgan fingerprint density at radius 2 is 1.78 bits per heavy atom. The highest BCUT2D eigenvalue weighted by atomic mass is 35.5. The average molecular weight is 534 g/mol. The summed E-state index contributed by atoms with van der Waals surface area (Å²) in [6.07, 6.45) is -5.27. The second kappa shape index (κ2) is 10.2. The number of nitrogens with zero attached hydrogens (tertiary/aromatic N) is 1. The Kier molecular flexibility index (Phi) is 7.28. The number of hydrogen-bond acceptors (Lipinski definition) is 4. The number of aromatic nitrogens is 1. The molecule has 4 aromatic rings. The van der Waals surface area contributed by atoms with Gasteiger partial charge in [0.25, 0.3) is 5.91 Å². The summed E-state index contributed by atoms with van der Waals surface area (Å²) in [5.74, 6) is 0.356. The Morgan fingerprint density at radius 3 is 2.50 bits per heavy atom. The monoisotopic (exact) mass is 533 g/mol. The fourth-order valence-electron chi connectivity index (χ4n) is 3.52. The van der Waals surface area contributed by atoms with Gasteiger partial charge in [-0.2, -0.15) is 13.2 Å². The van der Waals surface area contributed by atoms with Crippen molar-refractivity contribution in [2.24, 2.45) is 0 Å². The van der Waals surface area contributed by atoms with Crippen LogP contribution < -0.4 is 15.4 Å². The molecule has 0 fully saturated rings. The molecular formula is C26H20Cl2F3N3O2. The van der Waals surface area contributed by atoms with Gasteiger partial charge >= 0.3 is 6.18 Å². The number of anilines is 3. The molecule has 0 saturated carbocycles. The highest BCUT2D eigenvalue weighted by molar-refractivity contribution is 6.35. The summed E-state index contributed by atoms with van der Waals surface area (Å²) < 4.78 is 44.7. The molecule has 1 atom stereocenters. The van der Waals surface area contributed by atoms with Crippen molar-refractivity contribution in [3.8, 4) is 5.75 Å². The van der Waals surface area contributed by atoms with E-state index < -0.39 is 17.8 Å². The van der Waals surface area contributed by atoms with Crippen molar-refractivity contribution < 1.29 is 22.7 Å². The maximum atomic E-state index is 13.0. The van der Waals surface area contributed by atoms with Crippen LogP contribution in [0.3, 0.4) is 0 Å². The zero-order valence-corrected chi connectivity index (χ0v) is 20.6. The Morgan fingerprint density at radius 1 is 1.00 bits per heavy atom. The van der Waals surface area contributed by atoms with Crippen LogP contribution in [0.25, 0.3) is 10.9 Å². The van der Waals surface area contributed by atoms with Crippen LogP contribution in [0.4, 0.5) is 30.4 Å². The van der Waals surface area contributed by atoms with Crippen LogP contribution in [0.2, 0.25) is 10.0 Å². The molecule has 0 aliphatic heterocycles. The maximum Gasteiger partial charge on any atom is 0.416 e. The van der Waals surface area contributed by atoms with E-state index in [1.54, 1.807) is 43.3 Å². The van der Waals surface area contributed by atoms with E-state index in [-0.39, 0.29) is 11.6 Å². The number of halogens is 5. The molecule has 0 saturated heterocycles. The molecule has 0 bridgehead atoms. The van der Waals surface area contributed by atoms with E-state index in [1.807, 2.05) is 6.92 Å².